The van der Waals surface area contributed by atoms with Crippen molar-refractivity contribution in [2.24, 2.45) is 0 Å². The molecule has 1 aromatic rings. The highest BCUT2D eigenvalue weighted by Gasteiger charge is 2.24. The van der Waals surface area contributed by atoms with E-state index < -0.39 is 0 Å². The first-order chi connectivity index (χ1) is 7.90. The Bertz CT molecular complexity index is 541. The van der Waals surface area contributed by atoms with Crippen molar-refractivity contribution >= 4 is 11.1 Å². The monoisotopic (exact) mass is 211 g/mol. The number of rotatable bonds is 0. The first kappa shape index (κ1) is 9.05. The van der Waals surface area contributed by atoms with Crippen LogP contribution >= 0.6 is 0 Å². The SMILES string of the molecule is N#CC1=CC(=C2OCCO2)c2ccccc21. The third-order valence-electron chi connectivity index (χ3n) is 2.69. The second kappa shape index (κ2) is 3.42. The van der Waals surface area contributed by atoms with E-state index in [1.54, 1.807) is 0 Å². The van der Waals surface area contributed by atoms with Crippen molar-refractivity contribution in [1.82, 2.24) is 0 Å². The van der Waals surface area contributed by atoms with E-state index in [0.29, 0.717) is 24.7 Å². The van der Waals surface area contributed by atoms with Crippen LogP contribution in [0.3, 0.4) is 0 Å². The molecule has 78 valence electrons. The van der Waals surface area contributed by atoms with Crippen LogP contribution < -0.4 is 0 Å². The maximum atomic E-state index is 9.05. The molecule has 1 aromatic carbocycles. The second-order valence-electron chi connectivity index (χ2n) is 3.61. The molecule has 0 unspecified atom stereocenters. The number of hydrogen-bond acceptors (Lipinski definition) is 3. The highest BCUT2D eigenvalue weighted by Crippen LogP contribution is 2.37. The fraction of sp³-hybridized carbons (Fsp3) is 0.154. The molecule has 0 radical (unpaired) electrons. The summed E-state index contributed by atoms with van der Waals surface area (Å²) in [6.45, 7) is 1.16. The molecule has 0 bridgehead atoms. The van der Waals surface area contributed by atoms with Crippen molar-refractivity contribution in [3.05, 3.63) is 47.4 Å². The van der Waals surface area contributed by atoms with Gasteiger partial charge in [0.1, 0.15) is 13.2 Å². The average molecular weight is 211 g/mol. The molecule has 1 aliphatic carbocycles. The normalized spacial score (nSPS) is 17.3. The van der Waals surface area contributed by atoms with Gasteiger partial charge in [-0.05, 0) is 11.6 Å². The van der Waals surface area contributed by atoms with Crippen LogP contribution in [0.1, 0.15) is 11.1 Å². The molecule has 0 N–H and O–H groups in total. The van der Waals surface area contributed by atoms with Gasteiger partial charge >= 0.3 is 0 Å². The quantitative estimate of drug-likeness (QED) is 0.661. The van der Waals surface area contributed by atoms with E-state index in [4.69, 9.17) is 14.7 Å². The van der Waals surface area contributed by atoms with E-state index in [2.05, 4.69) is 6.07 Å². The molecule has 1 aliphatic heterocycles. The summed E-state index contributed by atoms with van der Waals surface area (Å²) in [5.74, 6) is 0.540. The third-order valence-corrected chi connectivity index (χ3v) is 2.69. The van der Waals surface area contributed by atoms with Gasteiger partial charge in [0.15, 0.2) is 0 Å². The summed E-state index contributed by atoms with van der Waals surface area (Å²) in [4.78, 5) is 0. The molecule has 1 fully saturated rings. The summed E-state index contributed by atoms with van der Waals surface area (Å²) < 4.78 is 10.8. The Balaban J connectivity index is 2.21. The van der Waals surface area contributed by atoms with Crippen LogP contribution in [0.2, 0.25) is 0 Å². The lowest BCUT2D eigenvalue weighted by Crippen LogP contribution is -1.88. The number of benzene rings is 1. The number of hydrogen-bond donors (Lipinski definition) is 0. The largest absolute Gasteiger partial charge is 0.461 e. The molecule has 0 aromatic heterocycles. The van der Waals surface area contributed by atoms with Gasteiger partial charge in [-0.25, -0.2) is 0 Å². The van der Waals surface area contributed by atoms with Gasteiger partial charge in [0.05, 0.1) is 17.2 Å². The summed E-state index contributed by atoms with van der Waals surface area (Å²) in [6, 6.07) is 9.97. The molecule has 16 heavy (non-hydrogen) atoms. The summed E-state index contributed by atoms with van der Waals surface area (Å²) in [7, 11) is 0. The molecular formula is C13H9NO2. The molecule has 3 rings (SSSR count). The molecule has 0 spiro atoms. The lowest BCUT2D eigenvalue weighted by Gasteiger charge is -2.03. The Morgan fingerprint density at radius 3 is 2.44 bits per heavy atom. The molecule has 0 saturated carbocycles. The van der Waals surface area contributed by atoms with Crippen LogP contribution in [-0.2, 0) is 9.47 Å². The first-order valence-corrected chi connectivity index (χ1v) is 5.11. The van der Waals surface area contributed by atoms with Gasteiger partial charge in [0.2, 0.25) is 0 Å². The number of allylic oxidation sites excluding steroid dienone is 3. The van der Waals surface area contributed by atoms with E-state index in [1.807, 2.05) is 30.3 Å². The van der Waals surface area contributed by atoms with E-state index in [-0.39, 0.29) is 0 Å². The summed E-state index contributed by atoms with van der Waals surface area (Å²) in [5, 5.41) is 9.05. The summed E-state index contributed by atoms with van der Waals surface area (Å²) in [6.07, 6.45) is 1.82. The standard InChI is InChI=1S/C13H9NO2/c14-8-9-7-12(13-15-5-6-16-13)11-4-2-1-3-10(9)11/h1-4,7H,5-6H2. The van der Waals surface area contributed by atoms with Crippen LogP contribution in [0.5, 0.6) is 0 Å². The minimum absolute atomic E-state index is 0.540. The predicted octanol–water partition coefficient (Wildman–Crippen LogP) is 2.32. The maximum absolute atomic E-state index is 9.05. The predicted molar refractivity (Wildman–Crippen MR) is 58.9 cm³/mol. The second-order valence-corrected chi connectivity index (χ2v) is 3.61. The van der Waals surface area contributed by atoms with Gasteiger partial charge in [-0.15, -0.1) is 0 Å². The molecule has 0 amide bonds. The smallest absolute Gasteiger partial charge is 0.287 e. The maximum Gasteiger partial charge on any atom is 0.287 e. The lowest BCUT2D eigenvalue weighted by molar-refractivity contribution is 0.179. The highest BCUT2D eigenvalue weighted by molar-refractivity contribution is 6.00. The Labute approximate surface area is 93.2 Å². The van der Waals surface area contributed by atoms with Gasteiger partial charge in [-0.3, -0.25) is 0 Å². The molecule has 0 atom stereocenters. The highest BCUT2D eigenvalue weighted by atomic mass is 16.7. The van der Waals surface area contributed by atoms with Gasteiger partial charge in [0.25, 0.3) is 5.95 Å². The number of nitriles is 1. The molecule has 1 saturated heterocycles. The van der Waals surface area contributed by atoms with E-state index in [9.17, 15) is 0 Å². The Morgan fingerprint density at radius 1 is 1.06 bits per heavy atom. The van der Waals surface area contributed by atoms with Crippen LogP contribution in [0.4, 0.5) is 0 Å². The molecule has 3 heteroatoms. The van der Waals surface area contributed by atoms with Crippen molar-refractivity contribution in [2.45, 2.75) is 0 Å². The zero-order chi connectivity index (χ0) is 11.0. The molecule has 1 heterocycles. The lowest BCUT2D eigenvalue weighted by atomic mass is 10.1. The van der Waals surface area contributed by atoms with E-state index in [0.717, 1.165) is 16.7 Å². The Hall–Kier alpha value is -2.21. The zero-order valence-electron chi connectivity index (χ0n) is 8.56. The van der Waals surface area contributed by atoms with Crippen molar-refractivity contribution in [2.75, 3.05) is 13.2 Å². The minimum Gasteiger partial charge on any atom is -0.461 e. The Kier molecular flexibility index (Phi) is 1.94. The van der Waals surface area contributed by atoms with Gasteiger partial charge < -0.3 is 9.47 Å². The van der Waals surface area contributed by atoms with Crippen LogP contribution in [0.15, 0.2) is 36.3 Å². The van der Waals surface area contributed by atoms with Gasteiger partial charge in [-0.2, -0.15) is 5.26 Å². The average Bonchev–Trinajstić information content (AvgIpc) is 2.95. The topological polar surface area (TPSA) is 42.2 Å². The van der Waals surface area contributed by atoms with Gasteiger partial charge in [0, 0.05) is 5.56 Å². The van der Waals surface area contributed by atoms with Crippen molar-refractivity contribution in [3.63, 3.8) is 0 Å². The number of fused-ring (bicyclic) bond motifs is 1. The van der Waals surface area contributed by atoms with E-state index >= 15 is 0 Å². The fourth-order valence-electron chi connectivity index (χ4n) is 1.98. The third kappa shape index (κ3) is 1.20. The van der Waals surface area contributed by atoms with E-state index in [1.165, 1.54) is 0 Å². The molecular weight excluding hydrogens is 202 g/mol. The fourth-order valence-corrected chi connectivity index (χ4v) is 1.98. The van der Waals surface area contributed by atoms with Gasteiger partial charge in [-0.1, -0.05) is 24.3 Å². The minimum atomic E-state index is 0.540. The Morgan fingerprint density at radius 2 is 1.75 bits per heavy atom. The van der Waals surface area contributed by atoms with Crippen molar-refractivity contribution in [3.8, 4) is 6.07 Å². The summed E-state index contributed by atoms with van der Waals surface area (Å²) in [5.41, 5.74) is 3.50. The molecule has 3 nitrogen and oxygen atoms in total. The number of nitrogens with zero attached hydrogens (tertiary/aromatic N) is 1. The zero-order valence-corrected chi connectivity index (χ0v) is 8.56. The van der Waals surface area contributed by atoms with Crippen molar-refractivity contribution in [1.29, 1.82) is 5.26 Å². The first-order valence-electron chi connectivity index (χ1n) is 5.11. The van der Waals surface area contributed by atoms with Crippen LogP contribution in [-0.4, -0.2) is 13.2 Å². The van der Waals surface area contributed by atoms with Crippen LogP contribution in [0.25, 0.3) is 11.1 Å². The summed E-state index contributed by atoms with van der Waals surface area (Å²) >= 11 is 0. The molecule has 2 aliphatic rings. The van der Waals surface area contributed by atoms with Crippen molar-refractivity contribution < 1.29 is 9.47 Å². The number of ether oxygens (including phenoxy) is 2. The van der Waals surface area contributed by atoms with Crippen LogP contribution in [0, 0.1) is 11.3 Å².